The molecule has 0 fully saturated rings. The molecule has 160 valence electrons. The van der Waals surface area contributed by atoms with Crippen LogP contribution in [0.5, 0.6) is 0 Å². The van der Waals surface area contributed by atoms with Gasteiger partial charge in [0.05, 0.1) is 0 Å². The predicted molar refractivity (Wildman–Crippen MR) is 127 cm³/mol. The van der Waals surface area contributed by atoms with E-state index in [4.69, 9.17) is 8.85 Å². The summed E-state index contributed by atoms with van der Waals surface area (Å²) in [5, 5.41) is 2.41. The summed E-state index contributed by atoms with van der Waals surface area (Å²) in [5.41, 5.74) is 0. The quantitative estimate of drug-likeness (QED) is 0.358. The predicted octanol–water partition coefficient (Wildman–Crippen LogP) is 5.93. The highest BCUT2D eigenvalue weighted by Gasteiger charge is 2.43. The number of benzene rings is 2. The number of hydrogen-bond donors (Lipinski definition) is 0. The lowest BCUT2D eigenvalue weighted by Gasteiger charge is -2.33. The normalized spacial score (nSPS) is 13.9. The van der Waals surface area contributed by atoms with Gasteiger partial charge in [-0.2, -0.15) is 0 Å². The van der Waals surface area contributed by atoms with Crippen LogP contribution in [0.4, 0.5) is 0 Å². The van der Waals surface area contributed by atoms with Crippen LogP contribution < -0.4 is 10.4 Å². The summed E-state index contributed by atoms with van der Waals surface area (Å²) in [7, 11) is -2.75. The van der Waals surface area contributed by atoms with E-state index in [-0.39, 0.29) is 0 Å². The van der Waals surface area contributed by atoms with Gasteiger partial charge in [-0.25, -0.2) is 0 Å². The van der Waals surface area contributed by atoms with Gasteiger partial charge in [0.1, 0.15) is 0 Å². The molecule has 2 rings (SSSR count). The Morgan fingerprint density at radius 3 is 1.38 bits per heavy atom. The molecule has 0 N–H and O–H groups in total. The number of rotatable bonds is 14. The first-order valence-corrected chi connectivity index (χ1v) is 13.3. The SMILES string of the molecule is CCCCC(C)CO[Si](OCC(C)CCCC)(c1ccccc1)c1ccccc1. The number of unbranched alkanes of at least 4 members (excludes halogenated alkanes) is 2. The van der Waals surface area contributed by atoms with Crippen molar-refractivity contribution in [3.8, 4) is 0 Å². The lowest BCUT2D eigenvalue weighted by molar-refractivity contribution is 0.146. The molecule has 0 aliphatic carbocycles. The van der Waals surface area contributed by atoms with Gasteiger partial charge in [-0.15, -0.1) is 0 Å². The highest BCUT2D eigenvalue weighted by Crippen LogP contribution is 2.17. The van der Waals surface area contributed by atoms with Crippen LogP contribution >= 0.6 is 0 Å². The molecule has 0 saturated heterocycles. The van der Waals surface area contributed by atoms with E-state index in [1.807, 2.05) is 0 Å². The summed E-state index contributed by atoms with van der Waals surface area (Å²) < 4.78 is 13.7. The van der Waals surface area contributed by atoms with E-state index in [0.717, 1.165) is 13.2 Å². The molecule has 0 amide bonds. The average molecular weight is 413 g/mol. The Kier molecular flexibility index (Phi) is 10.7. The fourth-order valence-corrected chi connectivity index (χ4v) is 7.03. The fraction of sp³-hybridized carbons (Fsp3) is 0.538. The van der Waals surface area contributed by atoms with Crippen molar-refractivity contribution in [3.05, 3.63) is 60.7 Å². The summed E-state index contributed by atoms with van der Waals surface area (Å²) in [6.45, 7) is 10.6. The van der Waals surface area contributed by atoms with E-state index in [9.17, 15) is 0 Å². The summed E-state index contributed by atoms with van der Waals surface area (Å²) in [6, 6.07) is 21.3. The van der Waals surface area contributed by atoms with Crippen molar-refractivity contribution >= 4 is 18.9 Å². The molecule has 0 radical (unpaired) electrons. The van der Waals surface area contributed by atoms with Gasteiger partial charge >= 0.3 is 8.56 Å². The zero-order valence-electron chi connectivity index (χ0n) is 18.9. The van der Waals surface area contributed by atoms with Gasteiger partial charge in [0.15, 0.2) is 0 Å². The molecule has 0 saturated carbocycles. The monoisotopic (exact) mass is 412 g/mol. The molecule has 2 aromatic rings. The molecule has 2 nitrogen and oxygen atoms in total. The Labute approximate surface area is 179 Å². The second-order valence-corrected chi connectivity index (χ2v) is 11.4. The van der Waals surface area contributed by atoms with E-state index < -0.39 is 8.56 Å². The van der Waals surface area contributed by atoms with Crippen LogP contribution in [0, 0.1) is 11.8 Å². The minimum absolute atomic E-state index is 0.537. The summed E-state index contributed by atoms with van der Waals surface area (Å²) in [4.78, 5) is 0. The van der Waals surface area contributed by atoms with Crippen molar-refractivity contribution < 1.29 is 8.85 Å². The van der Waals surface area contributed by atoms with Crippen LogP contribution in [0.15, 0.2) is 60.7 Å². The summed E-state index contributed by atoms with van der Waals surface area (Å²) in [5.74, 6) is 1.07. The smallest absolute Gasteiger partial charge is 0.387 e. The Balaban J connectivity index is 2.31. The molecule has 0 bridgehead atoms. The van der Waals surface area contributed by atoms with Gasteiger partial charge in [-0.3, -0.25) is 0 Å². The van der Waals surface area contributed by atoms with Crippen LogP contribution in [-0.4, -0.2) is 21.8 Å². The van der Waals surface area contributed by atoms with Gasteiger partial charge in [-0.05, 0) is 35.1 Å². The molecule has 2 atom stereocenters. The van der Waals surface area contributed by atoms with Gasteiger partial charge < -0.3 is 8.85 Å². The lowest BCUT2D eigenvalue weighted by Crippen LogP contribution is -2.64. The van der Waals surface area contributed by atoms with Crippen LogP contribution in [0.25, 0.3) is 0 Å². The minimum atomic E-state index is -2.75. The second-order valence-electron chi connectivity index (χ2n) is 8.47. The Bertz CT molecular complexity index is 599. The molecular formula is C26H40O2Si. The highest BCUT2D eigenvalue weighted by atomic mass is 28.4. The van der Waals surface area contributed by atoms with Crippen molar-refractivity contribution in [1.29, 1.82) is 0 Å². The van der Waals surface area contributed by atoms with Crippen molar-refractivity contribution in [2.45, 2.75) is 66.2 Å². The number of hydrogen-bond acceptors (Lipinski definition) is 2. The van der Waals surface area contributed by atoms with Crippen LogP contribution in [0.2, 0.25) is 0 Å². The average Bonchev–Trinajstić information content (AvgIpc) is 2.77. The molecule has 0 aromatic heterocycles. The highest BCUT2D eigenvalue weighted by molar-refractivity contribution is 6.92. The molecule has 0 aliphatic rings. The van der Waals surface area contributed by atoms with Gasteiger partial charge in [-0.1, -0.05) is 114 Å². The largest absolute Gasteiger partial charge is 0.407 e. The molecule has 0 heterocycles. The van der Waals surface area contributed by atoms with Gasteiger partial charge in [0.2, 0.25) is 0 Å². The van der Waals surface area contributed by atoms with Crippen molar-refractivity contribution in [1.82, 2.24) is 0 Å². The van der Waals surface area contributed by atoms with Crippen LogP contribution in [0.1, 0.15) is 66.2 Å². The first-order chi connectivity index (χ1) is 14.1. The zero-order valence-corrected chi connectivity index (χ0v) is 19.9. The first kappa shape index (κ1) is 23.9. The molecule has 0 spiro atoms. The maximum atomic E-state index is 6.83. The third-order valence-electron chi connectivity index (χ3n) is 5.55. The summed E-state index contributed by atoms with van der Waals surface area (Å²) >= 11 is 0. The van der Waals surface area contributed by atoms with E-state index >= 15 is 0 Å². The molecule has 29 heavy (non-hydrogen) atoms. The molecule has 3 heteroatoms. The Hall–Kier alpha value is -1.42. The lowest BCUT2D eigenvalue weighted by atomic mass is 10.1. The Morgan fingerprint density at radius 1 is 0.655 bits per heavy atom. The van der Waals surface area contributed by atoms with E-state index in [1.54, 1.807) is 0 Å². The van der Waals surface area contributed by atoms with Crippen molar-refractivity contribution in [2.75, 3.05) is 13.2 Å². The van der Waals surface area contributed by atoms with E-state index in [0.29, 0.717) is 11.8 Å². The zero-order chi connectivity index (χ0) is 21.0. The fourth-order valence-electron chi connectivity index (χ4n) is 3.65. The van der Waals surface area contributed by atoms with Gasteiger partial charge in [0, 0.05) is 13.2 Å². The van der Waals surface area contributed by atoms with Crippen molar-refractivity contribution in [3.63, 3.8) is 0 Å². The topological polar surface area (TPSA) is 18.5 Å². The molecular weight excluding hydrogens is 372 g/mol. The maximum absolute atomic E-state index is 6.83. The maximum Gasteiger partial charge on any atom is 0.407 e. The van der Waals surface area contributed by atoms with Crippen molar-refractivity contribution in [2.24, 2.45) is 11.8 Å². The molecule has 0 aliphatic heterocycles. The third-order valence-corrected chi connectivity index (χ3v) is 8.88. The minimum Gasteiger partial charge on any atom is -0.387 e. The first-order valence-electron chi connectivity index (χ1n) is 11.5. The Morgan fingerprint density at radius 2 is 1.03 bits per heavy atom. The van der Waals surface area contributed by atoms with Crippen LogP contribution in [0.3, 0.4) is 0 Å². The van der Waals surface area contributed by atoms with Crippen LogP contribution in [-0.2, 0) is 8.85 Å². The standard InChI is InChI=1S/C26H40O2Si/c1-5-7-15-23(3)21-27-29(25-17-11-9-12-18-25,26-19-13-10-14-20-26)28-22-24(4)16-8-6-2/h9-14,17-20,23-24H,5-8,15-16,21-22H2,1-4H3. The second kappa shape index (κ2) is 13.0. The van der Waals surface area contributed by atoms with Gasteiger partial charge in [0.25, 0.3) is 0 Å². The summed E-state index contributed by atoms with van der Waals surface area (Å²) in [6.07, 6.45) is 7.38. The van der Waals surface area contributed by atoms with E-state index in [1.165, 1.54) is 48.9 Å². The molecule has 2 unspecified atom stereocenters. The third kappa shape index (κ3) is 7.40. The van der Waals surface area contributed by atoms with E-state index in [2.05, 4.69) is 88.4 Å². The molecule has 2 aromatic carbocycles.